The minimum Gasteiger partial charge on any atom is -0.383 e. The highest BCUT2D eigenvalue weighted by atomic mass is 32.1. The maximum atomic E-state index is 12.6. The molecule has 0 saturated heterocycles. The zero-order valence-corrected chi connectivity index (χ0v) is 17.3. The van der Waals surface area contributed by atoms with Gasteiger partial charge in [0.15, 0.2) is 0 Å². The van der Waals surface area contributed by atoms with Gasteiger partial charge in [0.25, 0.3) is 0 Å². The molecule has 1 heterocycles. The van der Waals surface area contributed by atoms with Crippen molar-refractivity contribution in [2.75, 3.05) is 26.8 Å². The Morgan fingerprint density at radius 2 is 1.97 bits per heavy atom. The Kier molecular flexibility index (Phi) is 8.55. The van der Waals surface area contributed by atoms with Crippen LogP contribution in [-0.4, -0.2) is 48.5 Å². The van der Waals surface area contributed by atoms with Crippen LogP contribution >= 0.6 is 11.3 Å². The first-order chi connectivity index (χ1) is 14.2. The van der Waals surface area contributed by atoms with E-state index in [9.17, 15) is 22.8 Å². The maximum Gasteiger partial charge on any atom is 0.416 e. The first-order valence-corrected chi connectivity index (χ1v) is 9.82. The van der Waals surface area contributed by atoms with E-state index < -0.39 is 17.6 Å². The first kappa shape index (κ1) is 23.6. The molecule has 162 valence electrons. The van der Waals surface area contributed by atoms with Crippen molar-refractivity contribution in [3.05, 3.63) is 57.6 Å². The zero-order chi connectivity index (χ0) is 22.1. The molecule has 1 aromatic heterocycles. The van der Waals surface area contributed by atoms with E-state index in [1.54, 1.807) is 11.1 Å². The van der Waals surface area contributed by atoms with Gasteiger partial charge in [-0.3, -0.25) is 9.59 Å². The molecule has 0 radical (unpaired) electrons. The second-order valence-electron chi connectivity index (χ2n) is 6.34. The molecule has 30 heavy (non-hydrogen) atoms. The Balaban J connectivity index is 1.89. The quantitative estimate of drug-likeness (QED) is 0.607. The number of nitrogens with one attached hydrogen (secondary N) is 1. The number of methoxy groups -OCH3 is 1. The molecule has 1 N–H and O–H groups in total. The average Bonchev–Trinajstić information content (AvgIpc) is 3.12. The first-order valence-electron chi connectivity index (χ1n) is 9.00. The number of carbonyl (C=O) groups excluding carboxylic acids is 2. The Morgan fingerprint density at radius 3 is 2.53 bits per heavy atom. The van der Waals surface area contributed by atoms with E-state index >= 15 is 0 Å². The fraction of sp³-hybridized carbons (Fsp3) is 0.350. The molecular weight excluding hydrogens is 419 g/mol. The van der Waals surface area contributed by atoms with Crippen LogP contribution in [0.3, 0.4) is 0 Å². The van der Waals surface area contributed by atoms with Gasteiger partial charge in [0, 0.05) is 30.8 Å². The smallest absolute Gasteiger partial charge is 0.383 e. The van der Waals surface area contributed by atoms with Gasteiger partial charge in [-0.1, -0.05) is 12.1 Å². The van der Waals surface area contributed by atoms with Crippen molar-refractivity contribution in [2.45, 2.75) is 19.6 Å². The van der Waals surface area contributed by atoms with Crippen molar-refractivity contribution in [2.24, 2.45) is 0 Å². The molecule has 0 saturated carbocycles. The van der Waals surface area contributed by atoms with E-state index in [2.05, 4.69) is 10.3 Å². The summed E-state index contributed by atoms with van der Waals surface area (Å²) in [5.41, 5.74) is -0.327. The number of aromatic nitrogens is 1. The molecule has 2 aromatic rings. The van der Waals surface area contributed by atoms with E-state index in [0.29, 0.717) is 25.3 Å². The van der Waals surface area contributed by atoms with E-state index in [4.69, 9.17) is 4.74 Å². The fourth-order valence-electron chi connectivity index (χ4n) is 2.42. The van der Waals surface area contributed by atoms with Gasteiger partial charge in [-0.05, 0) is 30.7 Å². The van der Waals surface area contributed by atoms with E-state index in [1.165, 1.54) is 42.7 Å². The van der Waals surface area contributed by atoms with Crippen molar-refractivity contribution >= 4 is 29.2 Å². The predicted octanol–water partition coefficient (Wildman–Crippen LogP) is 3.27. The topological polar surface area (TPSA) is 71.5 Å². The lowest BCUT2D eigenvalue weighted by Crippen LogP contribution is -2.40. The number of alkyl halides is 3. The van der Waals surface area contributed by atoms with Gasteiger partial charge in [0.1, 0.15) is 5.01 Å². The molecule has 0 bridgehead atoms. The van der Waals surface area contributed by atoms with Crippen LogP contribution in [-0.2, 0) is 27.0 Å². The standard InChI is InChI=1S/C20H22F3N3O3S/c1-14-11-25-18(30-14)13-26(9-10-29-2)19(28)12-24-17(27)8-5-15-3-6-16(7-4-15)20(21,22)23/h3-8,11H,9-10,12-13H2,1-2H3,(H,24,27)/b8-5+. The third-order valence-electron chi connectivity index (χ3n) is 3.99. The summed E-state index contributed by atoms with van der Waals surface area (Å²) in [4.78, 5) is 31.3. The Morgan fingerprint density at radius 1 is 1.27 bits per heavy atom. The van der Waals surface area contributed by atoms with E-state index in [-0.39, 0.29) is 12.5 Å². The number of thiazole rings is 1. The van der Waals surface area contributed by atoms with Gasteiger partial charge in [0.05, 0.1) is 25.3 Å². The summed E-state index contributed by atoms with van der Waals surface area (Å²) in [5, 5.41) is 3.26. The molecule has 2 amide bonds. The SMILES string of the molecule is COCCN(Cc1ncc(C)s1)C(=O)CNC(=O)/C=C/c1ccc(C(F)(F)F)cc1. The Bertz CT molecular complexity index is 879. The van der Waals surface area contributed by atoms with Gasteiger partial charge in [-0.25, -0.2) is 4.98 Å². The van der Waals surface area contributed by atoms with Gasteiger partial charge in [-0.15, -0.1) is 11.3 Å². The zero-order valence-electron chi connectivity index (χ0n) is 16.5. The predicted molar refractivity (Wildman–Crippen MR) is 108 cm³/mol. The van der Waals surface area contributed by atoms with Crippen LogP contribution in [0.25, 0.3) is 6.08 Å². The molecule has 0 aliphatic heterocycles. The maximum absolute atomic E-state index is 12.6. The highest BCUT2D eigenvalue weighted by Gasteiger charge is 2.29. The molecule has 0 spiro atoms. The molecule has 10 heteroatoms. The third kappa shape index (κ3) is 7.60. The Hall–Kier alpha value is -2.72. The van der Waals surface area contributed by atoms with Crippen LogP contribution in [0.4, 0.5) is 13.2 Å². The largest absolute Gasteiger partial charge is 0.416 e. The summed E-state index contributed by atoms with van der Waals surface area (Å²) in [6, 6.07) is 4.41. The van der Waals surface area contributed by atoms with E-state index in [0.717, 1.165) is 22.0 Å². The molecular formula is C20H22F3N3O3S. The number of rotatable bonds is 9. The molecule has 6 nitrogen and oxygen atoms in total. The summed E-state index contributed by atoms with van der Waals surface area (Å²) in [7, 11) is 1.53. The molecule has 0 aliphatic carbocycles. The van der Waals surface area contributed by atoms with Crippen LogP contribution in [0.15, 0.2) is 36.5 Å². The number of ether oxygens (including phenoxy) is 1. The molecule has 0 unspecified atom stereocenters. The number of halogens is 3. The van der Waals surface area contributed by atoms with Gasteiger partial charge in [-0.2, -0.15) is 13.2 Å². The second kappa shape index (κ2) is 10.9. The fourth-order valence-corrected chi connectivity index (χ4v) is 3.22. The molecule has 0 fully saturated rings. The normalized spacial score (nSPS) is 11.6. The van der Waals surface area contributed by atoms with Gasteiger partial charge in [0.2, 0.25) is 11.8 Å². The van der Waals surface area contributed by atoms with Crippen LogP contribution in [0.1, 0.15) is 21.0 Å². The highest BCUT2D eigenvalue weighted by molar-refractivity contribution is 7.11. The van der Waals surface area contributed by atoms with Gasteiger partial charge < -0.3 is 15.0 Å². The molecule has 2 rings (SSSR count). The number of amides is 2. The lowest BCUT2D eigenvalue weighted by atomic mass is 10.1. The average molecular weight is 441 g/mol. The lowest BCUT2D eigenvalue weighted by molar-refractivity contribution is -0.137. The summed E-state index contributed by atoms with van der Waals surface area (Å²) < 4.78 is 42.7. The molecule has 0 atom stereocenters. The van der Waals surface area contributed by atoms with Gasteiger partial charge >= 0.3 is 6.18 Å². The van der Waals surface area contributed by atoms with Crippen LogP contribution in [0.5, 0.6) is 0 Å². The summed E-state index contributed by atoms with van der Waals surface area (Å²) in [6.45, 7) is 2.72. The van der Waals surface area contributed by atoms with Crippen LogP contribution in [0.2, 0.25) is 0 Å². The van der Waals surface area contributed by atoms with E-state index in [1.807, 2.05) is 6.92 Å². The summed E-state index contributed by atoms with van der Waals surface area (Å²) >= 11 is 1.48. The number of carbonyl (C=O) groups is 2. The summed E-state index contributed by atoms with van der Waals surface area (Å²) in [6.07, 6.45) is -0.140. The monoisotopic (exact) mass is 441 g/mol. The molecule has 0 aliphatic rings. The Labute approximate surface area is 176 Å². The van der Waals surface area contributed by atoms with Crippen LogP contribution in [0, 0.1) is 6.92 Å². The highest BCUT2D eigenvalue weighted by Crippen LogP contribution is 2.29. The van der Waals surface area contributed by atoms with Crippen molar-refractivity contribution in [1.82, 2.24) is 15.2 Å². The number of nitrogens with zero attached hydrogens (tertiary/aromatic N) is 2. The lowest BCUT2D eigenvalue weighted by Gasteiger charge is -2.21. The van der Waals surface area contributed by atoms with Crippen molar-refractivity contribution in [3.63, 3.8) is 0 Å². The molecule has 1 aromatic carbocycles. The second-order valence-corrected chi connectivity index (χ2v) is 7.66. The number of aryl methyl sites for hydroxylation is 1. The van der Waals surface area contributed by atoms with Crippen LogP contribution < -0.4 is 5.32 Å². The third-order valence-corrected chi connectivity index (χ3v) is 4.89. The van der Waals surface area contributed by atoms with Crippen molar-refractivity contribution in [1.29, 1.82) is 0 Å². The number of hydrogen-bond acceptors (Lipinski definition) is 5. The minimum atomic E-state index is -4.41. The summed E-state index contributed by atoms with van der Waals surface area (Å²) in [5.74, 6) is -0.823. The van der Waals surface area contributed by atoms with Crippen molar-refractivity contribution in [3.8, 4) is 0 Å². The number of hydrogen-bond donors (Lipinski definition) is 1. The van der Waals surface area contributed by atoms with Crippen molar-refractivity contribution < 1.29 is 27.5 Å². The number of benzene rings is 1. The minimum absolute atomic E-state index is 0.218.